The molecule has 0 spiro atoms. The van der Waals surface area contributed by atoms with Gasteiger partial charge in [-0.05, 0) is 32.3 Å². The van der Waals surface area contributed by atoms with Crippen LogP contribution in [-0.4, -0.2) is 15.8 Å². The van der Waals surface area contributed by atoms with Gasteiger partial charge in [-0.25, -0.2) is 0 Å². The normalized spacial score (nSPS) is 13.4. The minimum Gasteiger partial charge on any atom is -0.308 e. The second kappa shape index (κ2) is 6.04. The van der Waals surface area contributed by atoms with Gasteiger partial charge in [-0.15, -0.1) is 0 Å². The van der Waals surface area contributed by atoms with Gasteiger partial charge in [0.25, 0.3) is 0 Å². The van der Waals surface area contributed by atoms with Crippen molar-refractivity contribution in [2.24, 2.45) is 5.92 Å². The van der Waals surface area contributed by atoms with Crippen molar-refractivity contribution in [3.8, 4) is 0 Å². The lowest BCUT2D eigenvalue weighted by molar-refractivity contribution is 0.381. The Hall–Kier alpha value is -0.830. The highest BCUT2D eigenvalue weighted by atomic mass is 15.3. The molecule has 1 aromatic heterocycles. The highest BCUT2D eigenvalue weighted by Crippen LogP contribution is 2.08. The van der Waals surface area contributed by atoms with E-state index in [1.54, 1.807) is 0 Å². The number of nitrogens with zero attached hydrogens (tertiary/aromatic N) is 2. The summed E-state index contributed by atoms with van der Waals surface area (Å²) in [4.78, 5) is 0. The van der Waals surface area contributed by atoms with Crippen molar-refractivity contribution >= 4 is 0 Å². The van der Waals surface area contributed by atoms with E-state index in [1.165, 1.54) is 12.1 Å². The fraction of sp³-hybridized carbons (Fsp3) is 0.769. The predicted octanol–water partition coefficient (Wildman–Crippen LogP) is 2.74. The van der Waals surface area contributed by atoms with Crippen LogP contribution >= 0.6 is 0 Å². The van der Waals surface area contributed by atoms with Crippen LogP contribution in [0.4, 0.5) is 0 Å². The fourth-order valence-electron chi connectivity index (χ4n) is 2.10. The first-order valence-electron chi connectivity index (χ1n) is 6.35. The van der Waals surface area contributed by atoms with Crippen LogP contribution < -0.4 is 5.32 Å². The second-order valence-electron chi connectivity index (χ2n) is 4.73. The van der Waals surface area contributed by atoms with E-state index in [1.807, 2.05) is 0 Å². The van der Waals surface area contributed by atoms with Crippen LogP contribution in [0.2, 0.25) is 0 Å². The van der Waals surface area contributed by atoms with E-state index in [2.05, 4.69) is 55.8 Å². The van der Waals surface area contributed by atoms with E-state index >= 15 is 0 Å². The molecule has 0 bridgehead atoms. The van der Waals surface area contributed by atoms with Gasteiger partial charge in [-0.3, -0.25) is 4.68 Å². The van der Waals surface area contributed by atoms with Crippen LogP contribution in [0.15, 0.2) is 6.07 Å². The number of rotatable bonds is 6. The van der Waals surface area contributed by atoms with Crippen molar-refractivity contribution in [1.29, 1.82) is 0 Å². The monoisotopic (exact) mass is 223 g/mol. The van der Waals surface area contributed by atoms with Gasteiger partial charge in [-0.1, -0.05) is 20.8 Å². The molecule has 0 saturated heterocycles. The van der Waals surface area contributed by atoms with Crippen LogP contribution in [0.5, 0.6) is 0 Å². The van der Waals surface area contributed by atoms with E-state index in [9.17, 15) is 0 Å². The second-order valence-corrected chi connectivity index (χ2v) is 4.73. The molecule has 0 aliphatic heterocycles. The maximum Gasteiger partial charge on any atom is 0.0597 e. The van der Waals surface area contributed by atoms with Crippen molar-refractivity contribution < 1.29 is 0 Å². The average Bonchev–Trinajstić information content (AvgIpc) is 2.59. The Labute approximate surface area is 99.2 Å². The third-order valence-electron chi connectivity index (χ3n) is 3.07. The van der Waals surface area contributed by atoms with E-state index < -0.39 is 0 Å². The molecule has 1 N–H and O–H groups in total. The molecule has 1 rings (SSSR count). The summed E-state index contributed by atoms with van der Waals surface area (Å²) in [7, 11) is 0. The Morgan fingerprint density at radius 2 is 2.06 bits per heavy atom. The van der Waals surface area contributed by atoms with Crippen LogP contribution in [0.3, 0.4) is 0 Å². The summed E-state index contributed by atoms with van der Waals surface area (Å²) >= 11 is 0. The van der Waals surface area contributed by atoms with Gasteiger partial charge in [0, 0.05) is 19.1 Å². The molecule has 0 fully saturated rings. The van der Waals surface area contributed by atoms with Crippen LogP contribution in [0, 0.1) is 12.8 Å². The maximum atomic E-state index is 4.45. The number of nitrogens with one attached hydrogen (secondary N) is 1. The zero-order valence-electron chi connectivity index (χ0n) is 11.2. The quantitative estimate of drug-likeness (QED) is 0.803. The molecule has 0 aliphatic carbocycles. The molecule has 0 amide bonds. The predicted molar refractivity (Wildman–Crippen MR) is 68.4 cm³/mol. The van der Waals surface area contributed by atoms with Crippen molar-refractivity contribution in [2.45, 2.75) is 60.2 Å². The molecule has 0 aliphatic rings. The molecule has 3 heteroatoms. The summed E-state index contributed by atoms with van der Waals surface area (Å²) in [5, 5.41) is 8.07. The summed E-state index contributed by atoms with van der Waals surface area (Å²) in [5.74, 6) is 0.684. The molecule has 1 atom stereocenters. The summed E-state index contributed by atoms with van der Waals surface area (Å²) in [6, 6.07) is 2.77. The molecule has 0 radical (unpaired) electrons. The summed E-state index contributed by atoms with van der Waals surface area (Å²) in [6.07, 6.45) is 1.18. The molecule has 0 aromatic carbocycles. The maximum absolute atomic E-state index is 4.45. The summed E-state index contributed by atoms with van der Waals surface area (Å²) in [6.45, 7) is 12.8. The van der Waals surface area contributed by atoms with Crippen LogP contribution in [0.25, 0.3) is 0 Å². The minimum absolute atomic E-state index is 0.598. The first-order valence-corrected chi connectivity index (χ1v) is 6.35. The average molecular weight is 223 g/mol. The molecule has 0 saturated carbocycles. The molecule has 1 aromatic rings. The highest BCUT2D eigenvalue weighted by molar-refractivity contribution is 5.08. The molecular weight excluding hydrogens is 198 g/mol. The lowest BCUT2D eigenvalue weighted by Crippen LogP contribution is -2.33. The molecule has 16 heavy (non-hydrogen) atoms. The van der Waals surface area contributed by atoms with E-state index in [0.29, 0.717) is 12.0 Å². The fourth-order valence-corrected chi connectivity index (χ4v) is 2.10. The van der Waals surface area contributed by atoms with Crippen LogP contribution in [-0.2, 0) is 13.1 Å². The Morgan fingerprint density at radius 1 is 1.38 bits per heavy atom. The number of aryl methyl sites for hydroxylation is 2. The smallest absolute Gasteiger partial charge is 0.0597 e. The summed E-state index contributed by atoms with van der Waals surface area (Å²) in [5.41, 5.74) is 2.40. The number of aromatic nitrogens is 2. The summed E-state index contributed by atoms with van der Waals surface area (Å²) < 4.78 is 2.08. The van der Waals surface area contributed by atoms with E-state index in [4.69, 9.17) is 0 Å². The standard InChI is InChI=1S/C13H25N3/c1-6-13(10(3)4)14-9-12-8-11(5)15-16(12)7-2/h8,10,13-14H,6-7,9H2,1-5H3. The molecular formula is C13H25N3. The highest BCUT2D eigenvalue weighted by Gasteiger charge is 2.11. The Morgan fingerprint density at radius 3 is 2.56 bits per heavy atom. The molecule has 3 nitrogen and oxygen atoms in total. The first-order chi connectivity index (χ1) is 7.58. The zero-order chi connectivity index (χ0) is 12.1. The Kier molecular flexibility index (Phi) is 5.00. The first kappa shape index (κ1) is 13.2. The number of hydrogen-bond donors (Lipinski definition) is 1. The van der Waals surface area contributed by atoms with Crippen molar-refractivity contribution in [2.75, 3.05) is 0 Å². The third-order valence-corrected chi connectivity index (χ3v) is 3.07. The third kappa shape index (κ3) is 3.34. The van der Waals surface area contributed by atoms with Gasteiger partial charge in [0.2, 0.25) is 0 Å². The largest absolute Gasteiger partial charge is 0.308 e. The van der Waals surface area contributed by atoms with Gasteiger partial charge in [0.05, 0.1) is 11.4 Å². The molecule has 1 unspecified atom stereocenters. The topological polar surface area (TPSA) is 29.9 Å². The zero-order valence-corrected chi connectivity index (χ0v) is 11.2. The van der Waals surface area contributed by atoms with Gasteiger partial charge in [0.1, 0.15) is 0 Å². The van der Waals surface area contributed by atoms with Gasteiger partial charge in [0.15, 0.2) is 0 Å². The molecule has 1 heterocycles. The SMILES string of the molecule is CCC(NCc1cc(C)nn1CC)C(C)C. The van der Waals surface area contributed by atoms with Gasteiger partial charge >= 0.3 is 0 Å². The van der Waals surface area contributed by atoms with Gasteiger partial charge < -0.3 is 5.32 Å². The van der Waals surface area contributed by atoms with Gasteiger partial charge in [-0.2, -0.15) is 5.10 Å². The van der Waals surface area contributed by atoms with Crippen LogP contribution in [0.1, 0.15) is 45.5 Å². The Balaban J connectivity index is 2.59. The lowest BCUT2D eigenvalue weighted by atomic mass is 10.0. The van der Waals surface area contributed by atoms with Crippen molar-refractivity contribution in [1.82, 2.24) is 15.1 Å². The molecule has 92 valence electrons. The minimum atomic E-state index is 0.598. The van der Waals surface area contributed by atoms with E-state index in [-0.39, 0.29) is 0 Å². The lowest BCUT2D eigenvalue weighted by Gasteiger charge is -2.20. The number of hydrogen-bond acceptors (Lipinski definition) is 2. The Bertz CT molecular complexity index is 315. The van der Waals surface area contributed by atoms with Crippen molar-refractivity contribution in [3.05, 3.63) is 17.5 Å². The van der Waals surface area contributed by atoms with Crippen molar-refractivity contribution in [3.63, 3.8) is 0 Å². The van der Waals surface area contributed by atoms with E-state index in [0.717, 1.165) is 18.8 Å².